The van der Waals surface area contributed by atoms with Crippen molar-refractivity contribution < 1.29 is 13.9 Å². The molecule has 0 aliphatic carbocycles. The second-order valence-corrected chi connectivity index (χ2v) is 13.0. The van der Waals surface area contributed by atoms with Crippen LogP contribution in [0.4, 0.5) is 4.39 Å². The molecule has 0 aliphatic heterocycles. The number of benzene rings is 3. The van der Waals surface area contributed by atoms with Gasteiger partial charge in [0.15, 0.2) is 0 Å². The van der Waals surface area contributed by atoms with Gasteiger partial charge in [-0.3, -0.25) is 0 Å². The highest BCUT2D eigenvalue weighted by molar-refractivity contribution is 6.99. The van der Waals surface area contributed by atoms with Crippen LogP contribution in [-0.4, -0.2) is 20.0 Å². The number of aliphatic hydroxyl groups is 1. The first-order chi connectivity index (χ1) is 14.9. The highest BCUT2D eigenvalue weighted by Crippen LogP contribution is 2.36. The van der Waals surface area contributed by atoms with Gasteiger partial charge < -0.3 is 9.53 Å². The van der Waals surface area contributed by atoms with Gasteiger partial charge in [0.1, 0.15) is 11.9 Å². The zero-order valence-corrected chi connectivity index (χ0v) is 19.5. The number of hydrogen-bond donors (Lipinski definition) is 1. The summed E-state index contributed by atoms with van der Waals surface area (Å²) in [5.74, 6) is -0.544. The number of halogens is 1. The normalized spacial score (nSPS) is 13.8. The predicted octanol–water partition coefficient (Wildman–Crippen LogP) is 5.54. The van der Waals surface area contributed by atoms with Crippen LogP contribution in [-0.2, 0) is 4.43 Å². The average Bonchev–Trinajstić information content (AvgIpc) is 2.79. The highest BCUT2D eigenvalue weighted by Gasteiger charge is 2.49. The summed E-state index contributed by atoms with van der Waals surface area (Å²) in [6, 6.07) is 29.6. The van der Waals surface area contributed by atoms with Gasteiger partial charge in [-0.05, 0) is 33.5 Å². The van der Waals surface area contributed by atoms with Crippen molar-refractivity contribution in [3.05, 3.63) is 108 Å². The summed E-state index contributed by atoms with van der Waals surface area (Å²) < 4.78 is 21.3. The Labute approximate surface area is 186 Å². The van der Waals surface area contributed by atoms with Crippen molar-refractivity contribution in [1.29, 1.82) is 0 Å². The molecule has 31 heavy (non-hydrogen) atoms. The molecule has 2 nitrogen and oxygen atoms in total. The van der Waals surface area contributed by atoms with Gasteiger partial charge in [0.2, 0.25) is 0 Å². The van der Waals surface area contributed by atoms with Crippen molar-refractivity contribution in [1.82, 2.24) is 0 Å². The smallest absolute Gasteiger partial charge is 0.261 e. The van der Waals surface area contributed by atoms with E-state index < -0.39 is 20.2 Å². The van der Waals surface area contributed by atoms with E-state index in [-0.39, 0.29) is 5.04 Å². The molecular formula is C27H31FO2Si. The highest BCUT2D eigenvalue weighted by atomic mass is 28.4. The van der Waals surface area contributed by atoms with E-state index in [4.69, 9.17) is 4.43 Å². The van der Waals surface area contributed by atoms with Crippen molar-refractivity contribution in [2.24, 2.45) is 0 Å². The van der Waals surface area contributed by atoms with Crippen LogP contribution in [0.25, 0.3) is 0 Å². The van der Waals surface area contributed by atoms with Crippen molar-refractivity contribution in [2.75, 3.05) is 6.61 Å². The summed E-state index contributed by atoms with van der Waals surface area (Å²) in [5.41, 5.74) is 0.546. The fourth-order valence-corrected chi connectivity index (χ4v) is 8.66. The molecule has 3 aromatic carbocycles. The van der Waals surface area contributed by atoms with Crippen LogP contribution in [0, 0.1) is 0 Å². The lowest BCUT2D eigenvalue weighted by Crippen LogP contribution is -2.66. The lowest BCUT2D eigenvalue weighted by molar-refractivity contribution is 0.184. The Balaban J connectivity index is 1.85. The zero-order valence-electron chi connectivity index (χ0n) is 18.5. The maximum Gasteiger partial charge on any atom is 0.261 e. The molecule has 0 amide bonds. The van der Waals surface area contributed by atoms with Crippen LogP contribution >= 0.6 is 0 Å². The molecule has 0 spiro atoms. The molecule has 3 rings (SSSR count). The standard InChI is InChI=1S/C27H31FO2Si/c1-27(2,3)31(23-16-9-5-10-17-23,24-18-11-6-12-19-24)30-21-13-20-25(28)26(29)22-14-7-4-8-15-22/h4-12,14-20,26,29H,13,21H2,1-3H3/b25-20-. The second-order valence-electron chi connectivity index (χ2n) is 8.70. The summed E-state index contributed by atoms with van der Waals surface area (Å²) in [4.78, 5) is 0. The van der Waals surface area contributed by atoms with Crippen LogP contribution in [0.5, 0.6) is 0 Å². The topological polar surface area (TPSA) is 29.5 Å². The van der Waals surface area contributed by atoms with Gasteiger partial charge in [-0.15, -0.1) is 0 Å². The first-order valence-electron chi connectivity index (χ1n) is 10.7. The summed E-state index contributed by atoms with van der Waals surface area (Å²) in [7, 11) is -2.63. The minimum atomic E-state index is -2.63. The Morgan fingerprint density at radius 2 is 1.32 bits per heavy atom. The fourth-order valence-electron chi connectivity index (χ4n) is 4.08. The van der Waals surface area contributed by atoms with Crippen LogP contribution in [0.15, 0.2) is 103 Å². The molecular weight excluding hydrogens is 403 g/mol. The van der Waals surface area contributed by atoms with Gasteiger partial charge in [0.05, 0.1) is 0 Å². The maximum atomic E-state index is 14.5. The molecule has 4 heteroatoms. The van der Waals surface area contributed by atoms with E-state index in [1.54, 1.807) is 24.3 Å². The SMILES string of the molecule is CC(C)(C)[Si](OCC/C=C(\F)C(O)c1ccccc1)(c1ccccc1)c1ccccc1. The van der Waals surface area contributed by atoms with Crippen LogP contribution in [0.2, 0.25) is 5.04 Å². The molecule has 3 aromatic rings. The molecule has 0 saturated carbocycles. The van der Waals surface area contributed by atoms with Crippen LogP contribution in [0.3, 0.4) is 0 Å². The monoisotopic (exact) mass is 434 g/mol. The predicted molar refractivity (Wildman–Crippen MR) is 129 cm³/mol. The fraction of sp³-hybridized carbons (Fsp3) is 0.259. The molecule has 0 fully saturated rings. The van der Waals surface area contributed by atoms with E-state index in [2.05, 4.69) is 45.0 Å². The number of hydrogen-bond acceptors (Lipinski definition) is 2. The summed E-state index contributed by atoms with van der Waals surface area (Å²) in [6.45, 7) is 7.03. The van der Waals surface area contributed by atoms with E-state index in [9.17, 15) is 9.50 Å². The third-order valence-corrected chi connectivity index (χ3v) is 10.6. The molecule has 0 bridgehead atoms. The zero-order chi connectivity index (χ0) is 22.3. The molecule has 1 atom stereocenters. The summed E-state index contributed by atoms with van der Waals surface area (Å²) in [5, 5.41) is 12.5. The summed E-state index contributed by atoms with van der Waals surface area (Å²) in [6.07, 6.45) is 0.587. The van der Waals surface area contributed by atoms with Gasteiger partial charge in [0.25, 0.3) is 8.32 Å². The van der Waals surface area contributed by atoms with Crippen molar-refractivity contribution >= 4 is 18.7 Å². The van der Waals surface area contributed by atoms with Gasteiger partial charge in [0, 0.05) is 6.61 Å². The quantitative estimate of drug-likeness (QED) is 0.373. The molecule has 0 aliphatic rings. The third kappa shape index (κ3) is 5.21. The van der Waals surface area contributed by atoms with Crippen LogP contribution in [0.1, 0.15) is 38.9 Å². The molecule has 0 aromatic heterocycles. The van der Waals surface area contributed by atoms with E-state index in [0.717, 1.165) is 0 Å². The molecule has 0 radical (unpaired) electrons. The van der Waals surface area contributed by atoms with E-state index in [1.165, 1.54) is 16.4 Å². The molecule has 1 N–H and O–H groups in total. The van der Waals surface area contributed by atoms with E-state index in [0.29, 0.717) is 18.6 Å². The van der Waals surface area contributed by atoms with Gasteiger partial charge in [-0.25, -0.2) is 4.39 Å². The van der Waals surface area contributed by atoms with Crippen molar-refractivity contribution in [3.63, 3.8) is 0 Å². The Bertz CT molecular complexity index is 927. The number of rotatable bonds is 8. The Hall–Kier alpha value is -2.53. The molecule has 1 unspecified atom stereocenters. The van der Waals surface area contributed by atoms with Crippen LogP contribution < -0.4 is 10.4 Å². The van der Waals surface area contributed by atoms with Crippen molar-refractivity contribution in [3.8, 4) is 0 Å². The molecule has 162 valence electrons. The first kappa shape index (κ1) is 23.1. The van der Waals surface area contributed by atoms with E-state index in [1.807, 2.05) is 42.5 Å². The lowest BCUT2D eigenvalue weighted by atomic mass is 10.1. The number of aliphatic hydroxyl groups excluding tert-OH is 1. The Kier molecular flexibility index (Phi) is 7.60. The Morgan fingerprint density at radius 1 is 0.871 bits per heavy atom. The minimum Gasteiger partial charge on any atom is -0.407 e. The molecule has 0 saturated heterocycles. The lowest BCUT2D eigenvalue weighted by Gasteiger charge is -2.43. The van der Waals surface area contributed by atoms with Gasteiger partial charge >= 0.3 is 0 Å². The third-order valence-electron chi connectivity index (χ3n) is 5.57. The van der Waals surface area contributed by atoms with Crippen molar-refractivity contribution in [2.45, 2.75) is 38.3 Å². The van der Waals surface area contributed by atoms with E-state index >= 15 is 0 Å². The largest absolute Gasteiger partial charge is 0.407 e. The first-order valence-corrected chi connectivity index (χ1v) is 12.6. The average molecular weight is 435 g/mol. The summed E-state index contributed by atoms with van der Waals surface area (Å²) >= 11 is 0. The van der Waals surface area contributed by atoms with Gasteiger partial charge in [-0.2, -0.15) is 0 Å². The Morgan fingerprint density at radius 3 is 1.77 bits per heavy atom. The van der Waals surface area contributed by atoms with Gasteiger partial charge in [-0.1, -0.05) is 112 Å². The minimum absolute atomic E-state index is 0.123. The second kappa shape index (κ2) is 10.2. The maximum absolute atomic E-state index is 14.5. The molecule has 0 heterocycles.